The second-order valence-corrected chi connectivity index (χ2v) is 5.76. The highest BCUT2D eigenvalue weighted by Crippen LogP contribution is 2.29. The van der Waals surface area contributed by atoms with Crippen molar-refractivity contribution >= 4 is 38.9 Å². The van der Waals surface area contributed by atoms with Gasteiger partial charge < -0.3 is 5.73 Å². The molecule has 0 amide bonds. The number of nitrogens with zero attached hydrogens (tertiary/aromatic N) is 2. The molecule has 2 heterocycles. The minimum absolute atomic E-state index is 0. The first-order valence-corrected chi connectivity index (χ1v) is 7.33. The van der Waals surface area contributed by atoms with E-state index in [1.165, 1.54) is 10.2 Å². The summed E-state index contributed by atoms with van der Waals surface area (Å²) in [7, 11) is 0. The lowest BCUT2D eigenvalue weighted by atomic mass is 10.1. The molecule has 5 heteroatoms. The normalized spacial score (nSPS) is 10.9. The Kier molecular flexibility index (Phi) is 3.68. The number of thiazole rings is 1. The van der Waals surface area contributed by atoms with Gasteiger partial charge in [0.1, 0.15) is 0 Å². The smallest absolute Gasteiger partial charge is 0.195 e. The number of imidazole rings is 1. The number of nitrogens with two attached hydrogens (primary N) is 1. The summed E-state index contributed by atoms with van der Waals surface area (Å²) >= 11 is 1.72. The molecule has 4 rings (SSSR count). The fourth-order valence-electron chi connectivity index (χ4n) is 2.40. The Balaban J connectivity index is 0.00000132. The minimum atomic E-state index is 0. The van der Waals surface area contributed by atoms with Crippen molar-refractivity contribution in [3.8, 4) is 11.3 Å². The predicted molar refractivity (Wildman–Crippen MR) is 91.2 cm³/mol. The van der Waals surface area contributed by atoms with Crippen LogP contribution in [0.1, 0.15) is 5.56 Å². The first-order chi connectivity index (χ1) is 9.85. The maximum Gasteiger partial charge on any atom is 0.195 e. The number of benzene rings is 2. The Bertz CT molecular complexity index is 893. The van der Waals surface area contributed by atoms with Gasteiger partial charge in [0.2, 0.25) is 0 Å². The number of hydrogen-bond acceptors (Lipinski definition) is 3. The molecule has 21 heavy (non-hydrogen) atoms. The summed E-state index contributed by atoms with van der Waals surface area (Å²) in [4.78, 5) is 5.76. The summed E-state index contributed by atoms with van der Waals surface area (Å²) in [6.07, 6.45) is 2.10. The van der Waals surface area contributed by atoms with E-state index in [9.17, 15) is 0 Å². The number of hydrogen-bond donors (Lipinski definition) is 1. The summed E-state index contributed by atoms with van der Waals surface area (Å²) in [6, 6.07) is 16.6. The maximum atomic E-state index is 5.63. The molecule has 0 aliphatic heterocycles. The van der Waals surface area contributed by atoms with Crippen molar-refractivity contribution in [3.05, 3.63) is 60.3 Å². The average molecular weight is 316 g/mol. The molecule has 0 unspecified atom stereocenters. The van der Waals surface area contributed by atoms with Crippen molar-refractivity contribution in [2.45, 2.75) is 6.54 Å². The molecular weight excluding hydrogens is 302 g/mol. The molecule has 0 radical (unpaired) electrons. The SMILES string of the molecule is Cl.NCc1ccc(-c2cn3c(n2)sc2ccccc23)cc1. The summed E-state index contributed by atoms with van der Waals surface area (Å²) in [5.74, 6) is 0. The van der Waals surface area contributed by atoms with Crippen LogP contribution in [-0.2, 0) is 6.54 Å². The van der Waals surface area contributed by atoms with Gasteiger partial charge >= 0.3 is 0 Å². The zero-order valence-corrected chi connectivity index (χ0v) is 12.8. The standard InChI is InChI=1S/C16H13N3S.ClH/c17-9-11-5-7-12(8-6-11)13-10-19-14-3-1-2-4-15(14)20-16(19)18-13;/h1-8,10H,9,17H2;1H. The van der Waals surface area contributed by atoms with Crippen LogP contribution < -0.4 is 5.73 Å². The Morgan fingerprint density at radius 2 is 1.81 bits per heavy atom. The van der Waals surface area contributed by atoms with E-state index in [0.29, 0.717) is 6.54 Å². The second kappa shape index (κ2) is 5.48. The third kappa shape index (κ3) is 2.31. The Morgan fingerprint density at radius 3 is 2.57 bits per heavy atom. The molecule has 3 nitrogen and oxygen atoms in total. The van der Waals surface area contributed by atoms with Crippen LogP contribution in [0.4, 0.5) is 0 Å². The van der Waals surface area contributed by atoms with E-state index < -0.39 is 0 Å². The fourth-order valence-corrected chi connectivity index (χ4v) is 3.41. The molecule has 0 aliphatic carbocycles. The van der Waals surface area contributed by atoms with Crippen molar-refractivity contribution in [2.24, 2.45) is 5.73 Å². The van der Waals surface area contributed by atoms with E-state index in [4.69, 9.17) is 10.7 Å². The number of halogens is 1. The zero-order valence-electron chi connectivity index (χ0n) is 11.2. The van der Waals surface area contributed by atoms with Crippen LogP contribution in [0.5, 0.6) is 0 Å². The molecule has 0 atom stereocenters. The third-order valence-electron chi connectivity index (χ3n) is 3.49. The van der Waals surface area contributed by atoms with E-state index in [0.717, 1.165) is 21.8 Å². The third-order valence-corrected chi connectivity index (χ3v) is 4.52. The van der Waals surface area contributed by atoms with E-state index in [1.807, 2.05) is 0 Å². The highest BCUT2D eigenvalue weighted by molar-refractivity contribution is 7.23. The van der Waals surface area contributed by atoms with Crippen molar-refractivity contribution in [2.75, 3.05) is 0 Å². The van der Waals surface area contributed by atoms with Crippen molar-refractivity contribution < 1.29 is 0 Å². The largest absolute Gasteiger partial charge is 0.326 e. The van der Waals surface area contributed by atoms with Crippen molar-refractivity contribution in [3.63, 3.8) is 0 Å². The first-order valence-electron chi connectivity index (χ1n) is 6.51. The molecule has 0 aliphatic rings. The number of para-hydroxylation sites is 1. The molecule has 4 aromatic rings. The van der Waals surface area contributed by atoms with Gasteiger partial charge in [0.25, 0.3) is 0 Å². The highest BCUT2D eigenvalue weighted by Gasteiger charge is 2.09. The number of aromatic nitrogens is 2. The van der Waals surface area contributed by atoms with Gasteiger partial charge in [-0.25, -0.2) is 4.98 Å². The summed E-state index contributed by atoms with van der Waals surface area (Å²) in [6.45, 7) is 0.573. The molecule has 0 spiro atoms. The molecule has 0 saturated carbocycles. The van der Waals surface area contributed by atoms with Crippen LogP contribution >= 0.6 is 23.7 Å². The Morgan fingerprint density at radius 1 is 1.05 bits per heavy atom. The van der Waals surface area contributed by atoms with Crippen LogP contribution in [0.3, 0.4) is 0 Å². The number of fused-ring (bicyclic) bond motifs is 3. The van der Waals surface area contributed by atoms with Crippen molar-refractivity contribution in [1.29, 1.82) is 0 Å². The van der Waals surface area contributed by atoms with Gasteiger partial charge in [0, 0.05) is 18.3 Å². The molecule has 2 aromatic carbocycles. The summed E-state index contributed by atoms with van der Waals surface area (Å²) < 4.78 is 3.42. The summed E-state index contributed by atoms with van der Waals surface area (Å²) in [5, 5.41) is 0. The summed E-state index contributed by atoms with van der Waals surface area (Å²) in [5.41, 5.74) is 10.1. The van der Waals surface area contributed by atoms with Crippen LogP contribution in [-0.4, -0.2) is 9.38 Å². The monoisotopic (exact) mass is 315 g/mol. The van der Waals surface area contributed by atoms with Gasteiger partial charge in [-0.1, -0.05) is 47.7 Å². The lowest BCUT2D eigenvalue weighted by Crippen LogP contribution is -1.95. The second-order valence-electron chi connectivity index (χ2n) is 4.75. The van der Waals surface area contributed by atoms with Crippen LogP contribution in [0.2, 0.25) is 0 Å². The van der Waals surface area contributed by atoms with Gasteiger partial charge in [-0.05, 0) is 17.7 Å². The van der Waals surface area contributed by atoms with Gasteiger partial charge in [0.05, 0.1) is 15.9 Å². The van der Waals surface area contributed by atoms with Crippen LogP contribution in [0, 0.1) is 0 Å². The quantitative estimate of drug-likeness (QED) is 0.605. The average Bonchev–Trinajstić information content (AvgIpc) is 3.05. The minimum Gasteiger partial charge on any atom is -0.326 e. The lowest BCUT2D eigenvalue weighted by Gasteiger charge is -1.98. The van der Waals surface area contributed by atoms with Gasteiger partial charge in [-0.15, -0.1) is 12.4 Å². The molecule has 2 N–H and O–H groups in total. The zero-order chi connectivity index (χ0) is 13.5. The maximum absolute atomic E-state index is 5.63. The van der Waals surface area contributed by atoms with Gasteiger partial charge in [-0.3, -0.25) is 4.40 Å². The Hall–Kier alpha value is -1.88. The highest BCUT2D eigenvalue weighted by atomic mass is 35.5. The van der Waals surface area contributed by atoms with E-state index in [2.05, 4.69) is 59.1 Å². The van der Waals surface area contributed by atoms with Gasteiger partial charge in [0.15, 0.2) is 4.96 Å². The molecule has 0 saturated heterocycles. The molecular formula is C16H14ClN3S. The predicted octanol–water partition coefficient (Wildman–Crippen LogP) is 4.10. The Labute approximate surface area is 132 Å². The number of rotatable bonds is 2. The van der Waals surface area contributed by atoms with Crippen molar-refractivity contribution in [1.82, 2.24) is 9.38 Å². The molecule has 0 bridgehead atoms. The van der Waals surface area contributed by atoms with Crippen LogP contribution in [0.15, 0.2) is 54.7 Å². The molecule has 106 valence electrons. The first kappa shape index (κ1) is 14.1. The molecule has 0 fully saturated rings. The lowest BCUT2D eigenvalue weighted by molar-refractivity contribution is 1.07. The fraction of sp³-hybridized carbons (Fsp3) is 0.0625. The van der Waals surface area contributed by atoms with E-state index in [-0.39, 0.29) is 12.4 Å². The van der Waals surface area contributed by atoms with Gasteiger partial charge in [-0.2, -0.15) is 0 Å². The topological polar surface area (TPSA) is 43.3 Å². The van der Waals surface area contributed by atoms with Crippen LogP contribution in [0.25, 0.3) is 26.4 Å². The van der Waals surface area contributed by atoms with E-state index in [1.54, 1.807) is 11.3 Å². The van der Waals surface area contributed by atoms with E-state index >= 15 is 0 Å². The molecule has 2 aromatic heterocycles.